The number of rotatable bonds is 8. The van der Waals surface area contributed by atoms with E-state index in [4.69, 9.17) is 5.11 Å². The minimum Gasteiger partial charge on any atom is -0.481 e. The fraction of sp³-hybridized carbons (Fsp3) is 0.417. The van der Waals surface area contributed by atoms with Crippen LogP contribution >= 0.6 is 0 Å². The smallest absolute Gasteiger partial charge is 0.303 e. The molecule has 8 nitrogen and oxygen atoms in total. The molecule has 0 radical (unpaired) electrons. The van der Waals surface area contributed by atoms with E-state index < -0.39 is 20.9 Å². The minimum absolute atomic E-state index is 0.0339. The predicted octanol–water partition coefficient (Wildman–Crippen LogP) is 1.37. The molecule has 0 heterocycles. The summed E-state index contributed by atoms with van der Waals surface area (Å²) in [4.78, 5) is 20.4. The standard InChI is InChI=1S/C12H16N2O6S/c1-2-9(6-12(15)16)8-13-21(19,20)11-5-3-4-10(7-11)14(17)18/h3-5,7,9,13H,2,6,8H2,1H3,(H,15,16). The summed E-state index contributed by atoms with van der Waals surface area (Å²) in [5, 5.41) is 19.3. The number of non-ortho nitro benzene ring substituents is 1. The molecule has 0 aromatic heterocycles. The molecule has 0 aliphatic carbocycles. The third kappa shape index (κ3) is 5.12. The number of hydrogen-bond acceptors (Lipinski definition) is 5. The number of nitrogens with zero attached hydrogens (tertiary/aromatic N) is 1. The van der Waals surface area contributed by atoms with Gasteiger partial charge in [-0.15, -0.1) is 0 Å². The van der Waals surface area contributed by atoms with Crippen LogP contribution in [0.25, 0.3) is 0 Å². The summed E-state index contributed by atoms with van der Waals surface area (Å²) in [5.74, 6) is -1.34. The molecule has 0 fully saturated rings. The minimum atomic E-state index is -3.90. The number of nitrogens with one attached hydrogen (secondary N) is 1. The van der Waals surface area contributed by atoms with E-state index in [0.717, 1.165) is 6.07 Å². The lowest BCUT2D eigenvalue weighted by molar-refractivity contribution is -0.385. The molecule has 1 atom stereocenters. The zero-order valence-corrected chi connectivity index (χ0v) is 12.2. The Morgan fingerprint density at radius 2 is 2.14 bits per heavy atom. The van der Waals surface area contributed by atoms with Crippen LogP contribution in [0, 0.1) is 16.0 Å². The van der Waals surface area contributed by atoms with Crippen LogP contribution in [-0.2, 0) is 14.8 Å². The summed E-state index contributed by atoms with van der Waals surface area (Å²) in [7, 11) is -3.90. The average molecular weight is 316 g/mol. The fourth-order valence-electron chi connectivity index (χ4n) is 1.68. The number of carboxylic acid groups (broad SMARTS) is 1. The Bertz CT molecular complexity index is 628. The zero-order valence-electron chi connectivity index (χ0n) is 11.4. The van der Waals surface area contributed by atoms with E-state index in [1.165, 1.54) is 18.2 Å². The van der Waals surface area contributed by atoms with Gasteiger partial charge in [0.05, 0.1) is 9.82 Å². The van der Waals surface area contributed by atoms with Crippen molar-refractivity contribution < 1.29 is 23.2 Å². The van der Waals surface area contributed by atoms with Crippen LogP contribution in [0.2, 0.25) is 0 Å². The quantitative estimate of drug-likeness (QED) is 0.551. The van der Waals surface area contributed by atoms with Gasteiger partial charge in [-0.25, -0.2) is 13.1 Å². The summed E-state index contributed by atoms with van der Waals surface area (Å²) in [6.07, 6.45) is 0.359. The number of nitro groups is 1. The molecular weight excluding hydrogens is 300 g/mol. The van der Waals surface area contributed by atoms with Gasteiger partial charge in [0.15, 0.2) is 0 Å². The molecule has 0 aliphatic rings. The average Bonchev–Trinajstić information content (AvgIpc) is 2.43. The van der Waals surface area contributed by atoms with E-state index in [2.05, 4.69) is 4.72 Å². The van der Waals surface area contributed by atoms with Crippen LogP contribution in [0.1, 0.15) is 19.8 Å². The number of carboxylic acids is 1. The summed E-state index contributed by atoms with van der Waals surface area (Å²) in [5.41, 5.74) is -0.324. The third-order valence-electron chi connectivity index (χ3n) is 2.94. The first-order valence-corrected chi connectivity index (χ1v) is 7.70. The van der Waals surface area contributed by atoms with Crippen LogP contribution in [0.4, 0.5) is 5.69 Å². The number of sulfonamides is 1. The maximum Gasteiger partial charge on any atom is 0.303 e. The summed E-state index contributed by atoms with van der Waals surface area (Å²) in [6.45, 7) is 1.73. The SMILES string of the molecule is CCC(CNS(=O)(=O)c1cccc([N+](=O)[O-])c1)CC(=O)O. The van der Waals surface area contributed by atoms with E-state index in [9.17, 15) is 23.3 Å². The highest BCUT2D eigenvalue weighted by Gasteiger charge is 2.20. The molecular formula is C12H16N2O6S. The molecule has 1 unspecified atom stereocenters. The van der Waals surface area contributed by atoms with Gasteiger partial charge in [0.25, 0.3) is 5.69 Å². The second-order valence-corrected chi connectivity index (χ2v) is 6.25. The van der Waals surface area contributed by atoms with Gasteiger partial charge in [0, 0.05) is 25.1 Å². The second-order valence-electron chi connectivity index (χ2n) is 4.48. The van der Waals surface area contributed by atoms with Crippen molar-refractivity contribution in [2.24, 2.45) is 5.92 Å². The Morgan fingerprint density at radius 3 is 2.67 bits per heavy atom. The summed E-state index contributed by atoms with van der Waals surface area (Å²) in [6, 6.07) is 4.67. The van der Waals surface area contributed by atoms with E-state index in [1.54, 1.807) is 6.92 Å². The molecule has 0 bridgehead atoms. The highest BCUT2D eigenvalue weighted by atomic mass is 32.2. The number of aliphatic carboxylic acids is 1. The van der Waals surface area contributed by atoms with Crippen molar-refractivity contribution in [3.63, 3.8) is 0 Å². The van der Waals surface area contributed by atoms with E-state index in [1.807, 2.05) is 0 Å². The van der Waals surface area contributed by atoms with E-state index in [0.29, 0.717) is 6.42 Å². The maximum atomic E-state index is 12.0. The number of carbonyl (C=O) groups is 1. The van der Waals surface area contributed by atoms with Gasteiger partial charge in [-0.05, 0) is 12.0 Å². The van der Waals surface area contributed by atoms with Crippen molar-refractivity contribution in [1.29, 1.82) is 0 Å². The Hall–Kier alpha value is -2.00. The predicted molar refractivity (Wildman–Crippen MR) is 74.3 cm³/mol. The molecule has 0 saturated heterocycles. The van der Waals surface area contributed by atoms with Gasteiger partial charge in [0.1, 0.15) is 0 Å². The lowest BCUT2D eigenvalue weighted by atomic mass is 10.0. The molecule has 0 spiro atoms. The fourth-order valence-corrected chi connectivity index (χ4v) is 2.84. The van der Waals surface area contributed by atoms with Crippen molar-refractivity contribution in [2.45, 2.75) is 24.7 Å². The Balaban J connectivity index is 2.84. The van der Waals surface area contributed by atoms with Crippen molar-refractivity contribution in [2.75, 3.05) is 6.54 Å². The van der Waals surface area contributed by atoms with Gasteiger partial charge < -0.3 is 5.11 Å². The first-order valence-electron chi connectivity index (χ1n) is 6.22. The lowest BCUT2D eigenvalue weighted by Crippen LogP contribution is -2.30. The van der Waals surface area contributed by atoms with Crippen LogP contribution in [-0.4, -0.2) is 31.0 Å². The van der Waals surface area contributed by atoms with Gasteiger partial charge in [-0.2, -0.15) is 0 Å². The van der Waals surface area contributed by atoms with Gasteiger partial charge in [-0.1, -0.05) is 19.4 Å². The highest BCUT2D eigenvalue weighted by molar-refractivity contribution is 7.89. The monoisotopic (exact) mass is 316 g/mol. The largest absolute Gasteiger partial charge is 0.481 e. The van der Waals surface area contributed by atoms with Crippen molar-refractivity contribution in [3.8, 4) is 0 Å². The molecule has 116 valence electrons. The molecule has 1 aromatic rings. The van der Waals surface area contributed by atoms with Gasteiger partial charge in [0.2, 0.25) is 10.0 Å². The van der Waals surface area contributed by atoms with Crippen molar-refractivity contribution >= 4 is 21.7 Å². The normalized spacial score (nSPS) is 12.8. The summed E-state index contributed by atoms with van der Waals surface area (Å²) >= 11 is 0. The van der Waals surface area contributed by atoms with Gasteiger partial charge in [-0.3, -0.25) is 14.9 Å². The summed E-state index contributed by atoms with van der Waals surface area (Å²) < 4.78 is 26.3. The molecule has 0 aliphatic heterocycles. The third-order valence-corrected chi connectivity index (χ3v) is 4.36. The van der Waals surface area contributed by atoms with E-state index >= 15 is 0 Å². The molecule has 21 heavy (non-hydrogen) atoms. The Morgan fingerprint density at radius 1 is 1.48 bits per heavy atom. The Kier molecular flexibility index (Phi) is 5.79. The first kappa shape index (κ1) is 17.1. The van der Waals surface area contributed by atoms with Crippen LogP contribution in [0.15, 0.2) is 29.2 Å². The molecule has 9 heteroatoms. The van der Waals surface area contributed by atoms with Gasteiger partial charge >= 0.3 is 5.97 Å². The molecule has 0 saturated carbocycles. The Labute approximate surface area is 122 Å². The second kappa shape index (κ2) is 7.14. The maximum absolute atomic E-state index is 12.0. The number of benzene rings is 1. The molecule has 1 aromatic carbocycles. The first-order chi connectivity index (χ1) is 9.76. The highest BCUT2D eigenvalue weighted by Crippen LogP contribution is 2.17. The number of hydrogen-bond donors (Lipinski definition) is 2. The lowest BCUT2D eigenvalue weighted by Gasteiger charge is -2.13. The van der Waals surface area contributed by atoms with Crippen molar-refractivity contribution in [1.82, 2.24) is 4.72 Å². The molecule has 2 N–H and O–H groups in total. The van der Waals surface area contributed by atoms with Crippen LogP contribution in [0.3, 0.4) is 0 Å². The van der Waals surface area contributed by atoms with E-state index in [-0.39, 0.29) is 29.5 Å². The zero-order chi connectivity index (χ0) is 16.0. The van der Waals surface area contributed by atoms with Crippen LogP contribution < -0.4 is 4.72 Å². The number of nitro benzene ring substituents is 1. The van der Waals surface area contributed by atoms with Crippen molar-refractivity contribution in [3.05, 3.63) is 34.4 Å². The molecule has 0 amide bonds. The molecule has 1 rings (SSSR count). The van der Waals surface area contributed by atoms with Crippen LogP contribution in [0.5, 0.6) is 0 Å². The topological polar surface area (TPSA) is 127 Å².